The van der Waals surface area contributed by atoms with Crippen LogP contribution in [-0.4, -0.2) is 112 Å². The van der Waals surface area contributed by atoms with Crippen molar-refractivity contribution in [3.05, 3.63) is 42.2 Å². The number of esters is 1. The SMILES string of the molecule is COc1ccc(C=CC(=O)OC[C@]23O[C@H]2[C@@H](O)[C@@H]2C=CO[C@@H](O[C@@H]4O[C@H](CO)[C@@H](O)[C@H](O)[C@H]4O)[C@@H]23)cc1O. The number of fused-ring (bicyclic) bond motifs is 3. The van der Waals surface area contributed by atoms with Gasteiger partial charge in [0.05, 0.1) is 32.0 Å². The van der Waals surface area contributed by atoms with Crippen molar-refractivity contribution in [2.75, 3.05) is 20.3 Å². The molecule has 1 saturated carbocycles. The molecule has 0 amide bonds. The number of benzene rings is 1. The van der Waals surface area contributed by atoms with Crippen molar-refractivity contribution >= 4 is 12.0 Å². The van der Waals surface area contributed by atoms with Crippen LogP contribution in [0.25, 0.3) is 6.08 Å². The molecular formula is C25H30O13. The zero-order valence-electron chi connectivity index (χ0n) is 20.3. The number of carbonyl (C=O) groups is 1. The largest absolute Gasteiger partial charge is 0.504 e. The predicted octanol–water partition coefficient (Wildman–Crippen LogP) is -1.61. The lowest BCUT2D eigenvalue weighted by molar-refractivity contribution is -0.344. The van der Waals surface area contributed by atoms with Gasteiger partial charge in [0, 0.05) is 12.0 Å². The third kappa shape index (κ3) is 4.65. The number of carbonyl (C=O) groups excluding carboxylic acids is 1. The molecule has 1 aliphatic carbocycles. The molecule has 3 heterocycles. The molecular weight excluding hydrogens is 508 g/mol. The van der Waals surface area contributed by atoms with Crippen molar-refractivity contribution in [3.8, 4) is 11.5 Å². The summed E-state index contributed by atoms with van der Waals surface area (Å²) < 4.78 is 33.0. The van der Waals surface area contributed by atoms with Crippen LogP contribution in [0.2, 0.25) is 0 Å². The lowest BCUT2D eigenvalue weighted by Crippen LogP contribution is -2.60. The van der Waals surface area contributed by atoms with Gasteiger partial charge in [-0.1, -0.05) is 6.07 Å². The van der Waals surface area contributed by atoms with E-state index in [1.807, 2.05) is 0 Å². The van der Waals surface area contributed by atoms with E-state index in [2.05, 4.69) is 0 Å². The van der Waals surface area contributed by atoms with E-state index in [4.69, 9.17) is 28.4 Å². The summed E-state index contributed by atoms with van der Waals surface area (Å²) in [5, 5.41) is 60.5. The fourth-order valence-corrected chi connectivity index (χ4v) is 5.36. The molecule has 11 atom stereocenters. The first-order valence-electron chi connectivity index (χ1n) is 12.1. The van der Waals surface area contributed by atoms with Crippen molar-refractivity contribution in [2.45, 2.75) is 54.8 Å². The zero-order valence-corrected chi connectivity index (χ0v) is 20.3. The summed E-state index contributed by atoms with van der Waals surface area (Å²) in [6, 6.07) is 4.62. The Hall–Kier alpha value is -2.75. The average molecular weight is 539 g/mol. The van der Waals surface area contributed by atoms with Gasteiger partial charge in [-0.05, 0) is 29.8 Å². The Labute approximate surface area is 217 Å². The first-order chi connectivity index (χ1) is 18.2. The summed E-state index contributed by atoms with van der Waals surface area (Å²) in [5.41, 5.74) is -0.607. The Morgan fingerprint density at radius 3 is 2.61 bits per heavy atom. The second kappa shape index (κ2) is 10.4. The molecule has 0 radical (unpaired) electrons. The normalized spacial score (nSPS) is 41.3. The highest BCUT2D eigenvalue weighted by Gasteiger charge is 2.76. The molecule has 1 aromatic rings. The molecule has 3 aliphatic heterocycles. The second-order valence-corrected chi connectivity index (χ2v) is 9.63. The van der Waals surface area contributed by atoms with E-state index in [-0.39, 0.29) is 12.4 Å². The van der Waals surface area contributed by atoms with Gasteiger partial charge in [-0.15, -0.1) is 0 Å². The Balaban J connectivity index is 1.26. The minimum absolute atomic E-state index is 0.0853. The lowest BCUT2D eigenvalue weighted by atomic mass is 9.85. The summed E-state index contributed by atoms with van der Waals surface area (Å²) in [6.45, 7) is -0.867. The molecule has 38 heavy (non-hydrogen) atoms. The van der Waals surface area contributed by atoms with Crippen molar-refractivity contribution in [2.24, 2.45) is 11.8 Å². The van der Waals surface area contributed by atoms with Gasteiger partial charge in [0.25, 0.3) is 0 Å². The number of aromatic hydroxyl groups is 1. The molecule has 2 saturated heterocycles. The summed E-state index contributed by atoms with van der Waals surface area (Å²) in [6.07, 6.45) is -4.67. The standard InChI is InChI=1S/C25H30O13/c1-33-14-4-2-11(8-13(14)27)3-5-16(28)35-10-25-17-12(18(29)22(25)38-25)6-7-34-23(17)37-24-21(32)20(31)19(30)15(9-26)36-24/h2-8,12,15,17-24,26-27,29-32H,9-10H2,1H3/t12-,15-,17-,18+,19-,20+,21-,22+,23+,24+,25-/m1/s1. The van der Waals surface area contributed by atoms with Crippen LogP contribution >= 0.6 is 0 Å². The molecule has 3 fully saturated rings. The number of hydrogen-bond donors (Lipinski definition) is 6. The number of phenolic OH excluding ortho intramolecular Hbond substituents is 1. The number of epoxide rings is 1. The maximum Gasteiger partial charge on any atom is 0.330 e. The van der Waals surface area contributed by atoms with Gasteiger partial charge in [0.1, 0.15) is 42.7 Å². The number of aliphatic hydroxyl groups excluding tert-OH is 5. The fourth-order valence-electron chi connectivity index (χ4n) is 5.36. The zero-order chi connectivity index (χ0) is 27.2. The number of methoxy groups -OCH3 is 1. The highest BCUT2D eigenvalue weighted by molar-refractivity contribution is 5.87. The first-order valence-corrected chi connectivity index (χ1v) is 12.1. The van der Waals surface area contributed by atoms with Crippen LogP contribution in [-0.2, 0) is 28.5 Å². The quantitative estimate of drug-likeness (QED) is 0.126. The number of ether oxygens (including phenoxy) is 6. The smallest absolute Gasteiger partial charge is 0.330 e. The van der Waals surface area contributed by atoms with Crippen molar-refractivity contribution < 1.29 is 63.9 Å². The number of aliphatic hydroxyl groups is 5. The van der Waals surface area contributed by atoms with E-state index in [9.17, 15) is 35.4 Å². The molecule has 0 unspecified atom stereocenters. The lowest BCUT2D eigenvalue weighted by Gasteiger charge is -2.43. The van der Waals surface area contributed by atoms with Gasteiger partial charge in [-0.3, -0.25) is 0 Å². The highest BCUT2D eigenvalue weighted by Crippen LogP contribution is 2.60. The molecule has 0 aromatic heterocycles. The summed E-state index contributed by atoms with van der Waals surface area (Å²) >= 11 is 0. The van der Waals surface area contributed by atoms with Gasteiger partial charge in [0.2, 0.25) is 6.29 Å². The minimum Gasteiger partial charge on any atom is -0.504 e. The van der Waals surface area contributed by atoms with Crippen LogP contribution in [0.15, 0.2) is 36.6 Å². The maximum absolute atomic E-state index is 12.4. The molecule has 4 aliphatic rings. The monoisotopic (exact) mass is 538 g/mol. The molecule has 208 valence electrons. The molecule has 0 spiro atoms. The van der Waals surface area contributed by atoms with Crippen LogP contribution < -0.4 is 4.74 Å². The Kier molecular flexibility index (Phi) is 7.37. The van der Waals surface area contributed by atoms with Crippen LogP contribution in [0.3, 0.4) is 0 Å². The highest BCUT2D eigenvalue weighted by atomic mass is 16.8. The maximum atomic E-state index is 12.4. The number of hydrogen-bond acceptors (Lipinski definition) is 13. The van der Waals surface area contributed by atoms with E-state index in [0.717, 1.165) is 0 Å². The molecule has 1 aromatic carbocycles. The summed E-state index contributed by atoms with van der Waals surface area (Å²) in [5.74, 6) is -1.66. The van der Waals surface area contributed by atoms with E-state index in [1.54, 1.807) is 18.2 Å². The van der Waals surface area contributed by atoms with E-state index in [1.165, 1.54) is 31.6 Å². The molecule has 13 heteroatoms. The van der Waals surface area contributed by atoms with Gasteiger partial charge in [-0.25, -0.2) is 4.79 Å². The number of phenols is 1. The molecule has 6 N–H and O–H groups in total. The Bertz CT molecular complexity index is 1090. The summed E-state index contributed by atoms with van der Waals surface area (Å²) in [7, 11) is 1.42. The van der Waals surface area contributed by atoms with E-state index in [0.29, 0.717) is 11.3 Å². The fraction of sp³-hybridized carbons (Fsp3) is 0.560. The third-order valence-electron chi connectivity index (χ3n) is 7.43. The molecule has 13 nitrogen and oxygen atoms in total. The van der Waals surface area contributed by atoms with Crippen molar-refractivity contribution in [1.29, 1.82) is 0 Å². The Morgan fingerprint density at radius 1 is 1.11 bits per heavy atom. The number of rotatable bonds is 8. The van der Waals surface area contributed by atoms with Gasteiger partial charge in [0.15, 0.2) is 17.8 Å². The van der Waals surface area contributed by atoms with Crippen molar-refractivity contribution in [3.63, 3.8) is 0 Å². The topological polar surface area (TPSA) is 197 Å². The Morgan fingerprint density at radius 2 is 1.89 bits per heavy atom. The summed E-state index contributed by atoms with van der Waals surface area (Å²) in [4.78, 5) is 12.4. The predicted molar refractivity (Wildman–Crippen MR) is 124 cm³/mol. The average Bonchev–Trinajstić information content (AvgIpc) is 3.60. The second-order valence-electron chi connectivity index (χ2n) is 9.63. The van der Waals surface area contributed by atoms with Crippen LogP contribution in [0.1, 0.15) is 5.56 Å². The van der Waals surface area contributed by atoms with Gasteiger partial charge in [-0.2, -0.15) is 0 Å². The van der Waals surface area contributed by atoms with Crippen LogP contribution in [0.5, 0.6) is 11.5 Å². The van der Waals surface area contributed by atoms with Crippen LogP contribution in [0.4, 0.5) is 0 Å². The third-order valence-corrected chi connectivity index (χ3v) is 7.43. The molecule has 0 bridgehead atoms. The minimum atomic E-state index is -1.65. The van der Waals surface area contributed by atoms with E-state index < -0.39 is 79.2 Å². The van der Waals surface area contributed by atoms with Gasteiger partial charge < -0.3 is 59.1 Å². The van der Waals surface area contributed by atoms with Crippen LogP contribution in [0, 0.1) is 11.8 Å². The van der Waals surface area contributed by atoms with Crippen molar-refractivity contribution in [1.82, 2.24) is 0 Å². The first kappa shape index (κ1) is 26.8. The molecule has 5 rings (SSSR count). The van der Waals surface area contributed by atoms with Gasteiger partial charge >= 0.3 is 5.97 Å². The van der Waals surface area contributed by atoms with E-state index >= 15 is 0 Å².